The summed E-state index contributed by atoms with van der Waals surface area (Å²) in [6, 6.07) is 0. The molecular formula is C10H20N4. The fourth-order valence-electron chi connectivity index (χ4n) is 1.24. The van der Waals surface area contributed by atoms with Crippen LogP contribution < -0.4 is 10.6 Å². The molecule has 4 nitrogen and oxygen atoms in total. The van der Waals surface area contributed by atoms with E-state index in [0.717, 1.165) is 52.1 Å². The van der Waals surface area contributed by atoms with Crippen LogP contribution in [0.4, 0.5) is 0 Å². The minimum absolute atomic E-state index is 0.823. The van der Waals surface area contributed by atoms with Crippen molar-refractivity contribution in [2.75, 3.05) is 39.3 Å². The Kier molecular flexibility index (Phi) is 7.16. The van der Waals surface area contributed by atoms with Crippen molar-refractivity contribution in [3.8, 4) is 0 Å². The number of nitrogens with one attached hydrogen (secondary N) is 2. The normalized spacial score (nSPS) is 21.7. The lowest BCUT2D eigenvalue weighted by atomic mass is 10.4. The topological polar surface area (TPSA) is 48.8 Å². The van der Waals surface area contributed by atoms with Crippen LogP contribution in [-0.2, 0) is 0 Å². The van der Waals surface area contributed by atoms with Gasteiger partial charge in [0.15, 0.2) is 0 Å². The summed E-state index contributed by atoms with van der Waals surface area (Å²) in [6.45, 7) is 5.76. The first-order chi connectivity index (χ1) is 7.00. The van der Waals surface area contributed by atoms with Crippen molar-refractivity contribution in [3.63, 3.8) is 0 Å². The molecule has 0 bridgehead atoms. The summed E-state index contributed by atoms with van der Waals surface area (Å²) in [4.78, 5) is 8.53. The van der Waals surface area contributed by atoms with Gasteiger partial charge in [0, 0.05) is 38.6 Å². The zero-order valence-electron chi connectivity index (χ0n) is 8.71. The first-order valence-corrected chi connectivity index (χ1v) is 5.38. The van der Waals surface area contributed by atoms with Crippen LogP contribution in [0, 0.1) is 0 Å². The summed E-state index contributed by atoms with van der Waals surface area (Å²) in [5.74, 6) is 0. The van der Waals surface area contributed by atoms with Crippen molar-refractivity contribution in [2.45, 2.75) is 12.8 Å². The smallest absolute Gasteiger partial charge is 0.0581 e. The second-order valence-electron chi connectivity index (χ2n) is 3.25. The van der Waals surface area contributed by atoms with Gasteiger partial charge in [-0.1, -0.05) is 0 Å². The largest absolute Gasteiger partial charge is 0.315 e. The molecule has 1 rings (SSSR count). The van der Waals surface area contributed by atoms with Crippen molar-refractivity contribution < 1.29 is 0 Å². The van der Waals surface area contributed by atoms with Gasteiger partial charge in [0.05, 0.1) is 13.1 Å². The van der Waals surface area contributed by atoms with E-state index in [4.69, 9.17) is 0 Å². The van der Waals surface area contributed by atoms with Gasteiger partial charge in [-0.2, -0.15) is 0 Å². The second kappa shape index (κ2) is 8.84. The summed E-state index contributed by atoms with van der Waals surface area (Å²) in [7, 11) is 0. The average molecular weight is 196 g/mol. The molecule has 80 valence electrons. The SMILES string of the molecule is C1=NCCN=CCCNCCNCC1. The summed E-state index contributed by atoms with van der Waals surface area (Å²) < 4.78 is 0. The lowest BCUT2D eigenvalue weighted by molar-refractivity contribution is 0.626. The lowest BCUT2D eigenvalue weighted by Gasteiger charge is -2.04. The Labute approximate surface area is 85.9 Å². The third-order valence-corrected chi connectivity index (χ3v) is 2.00. The Morgan fingerprint density at radius 2 is 1.21 bits per heavy atom. The van der Waals surface area contributed by atoms with E-state index < -0.39 is 0 Å². The van der Waals surface area contributed by atoms with Gasteiger partial charge in [-0.15, -0.1) is 0 Å². The van der Waals surface area contributed by atoms with E-state index in [9.17, 15) is 0 Å². The lowest BCUT2D eigenvalue weighted by Crippen LogP contribution is -2.28. The average Bonchev–Trinajstić information content (AvgIpc) is 2.22. The first kappa shape index (κ1) is 11.3. The van der Waals surface area contributed by atoms with Crippen molar-refractivity contribution in [2.24, 2.45) is 9.98 Å². The molecule has 0 unspecified atom stereocenters. The predicted octanol–water partition coefficient (Wildman–Crippen LogP) is 0.101. The van der Waals surface area contributed by atoms with Crippen LogP contribution in [0.3, 0.4) is 0 Å². The molecule has 0 atom stereocenters. The van der Waals surface area contributed by atoms with Gasteiger partial charge in [-0.25, -0.2) is 0 Å². The van der Waals surface area contributed by atoms with E-state index in [-0.39, 0.29) is 0 Å². The number of hydrogen-bond donors (Lipinski definition) is 2. The van der Waals surface area contributed by atoms with Crippen LogP contribution in [0.1, 0.15) is 12.8 Å². The Balaban J connectivity index is 2.17. The summed E-state index contributed by atoms with van der Waals surface area (Å²) in [5.41, 5.74) is 0. The van der Waals surface area contributed by atoms with Crippen LogP contribution in [0.5, 0.6) is 0 Å². The molecular weight excluding hydrogens is 176 g/mol. The molecule has 0 radical (unpaired) electrons. The van der Waals surface area contributed by atoms with Crippen molar-refractivity contribution in [3.05, 3.63) is 0 Å². The zero-order valence-corrected chi connectivity index (χ0v) is 8.71. The molecule has 1 heterocycles. The molecule has 0 fully saturated rings. The minimum Gasteiger partial charge on any atom is -0.315 e. The van der Waals surface area contributed by atoms with Crippen LogP contribution in [0.25, 0.3) is 0 Å². The van der Waals surface area contributed by atoms with Crippen molar-refractivity contribution in [1.82, 2.24) is 10.6 Å². The van der Waals surface area contributed by atoms with E-state index in [1.165, 1.54) is 0 Å². The van der Waals surface area contributed by atoms with Crippen LogP contribution >= 0.6 is 0 Å². The quantitative estimate of drug-likeness (QED) is 0.577. The molecule has 0 aromatic heterocycles. The summed E-state index contributed by atoms with van der Waals surface area (Å²) in [5, 5.41) is 6.70. The number of rotatable bonds is 0. The maximum Gasteiger partial charge on any atom is 0.0581 e. The first-order valence-electron chi connectivity index (χ1n) is 5.38. The van der Waals surface area contributed by atoms with E-state index in [2.05, 4.69) is 20.6 Å². The molecule has 0 aromatic carbocycles. The number of aliphatic imine (C=N–C) groups is 2. The number of nitrogens with zero attached hydrogens (tertiary/aromatic N) is 2. The van der Waals surface area contributed by atoms with E-state index >= 15 is 0 Å². The van der Waals surface area contributed by atoms with Crippen LogP contribution in [-0.4, -0.2) is 51.7 Å². The molecule has 0 aliphatic carbocycles. The van der Waals surface area contributed by atoms with E-state index in [1.54, 1.807) is 0 Å². The fraction of sp³-hybridized carbons (Fsp3) is 0.800. The third-order valence-electron chi connectivity index (χ3n) is 2.00. The van der Waals surface area contributed by atoms with E-state index in [0.29, 0.717) is 0 Å². The van der Waals surface area contributed by atoms with Gasteiger partial charge in [-0.05, 0) is 12.8 Å². The zero-order chi connectivity index (χ0) is 9.90. The maximum absolute atomic E-state index is 4.26. The van der Waals surface area contributed by atoms with Crippen molar-refractivity contribution >= 4 is 12.4 Å². The molecule has 2 N–H and O–H groups in total. The van der Waals surface area contributed by atoms with Crippen molar-refractivity contribution in [1.29, 1.82) is 0 Å². The van der Waals surface area contributed by atoms with Gasteiger partial charge in [0.25, 0.3) is 0 Å². The highest BCUT2D eigenvalue weighted by atomic mass is 14.9. The molecule has 1 aliphatic rings. The number of hydrogen-bond acceptors (Lipinski definition) is 4. The Morgan fingerprint density at radius 3 is 1.71 bits per heavy atom. The molecule has 0 saturated carbocycles. The highest BCUT2D eigenvalue weighted by Crippen LogP contribution is 1.78. The van der Waals surface area contributed by atoms with Gasteiger partial charge in [0.2, 0.25) is 0 Å². The summed E-state index contributed by atoms with van der Waals surface area (Å²) in [6.07, 6.45) is 6.01. The van der Waals surface area contributed by atoms with Crippen LogP contribution in [0.2, 0.25) is 0 Å². The fourth-order valence-corrected chi connectivity index (χ4v) is 1.24. The van der Waals surface area contributed by atoms with Crippen LogP contribution in [0.15, 0.2) is 9.98 Å². The van der Waals surface area contributed by atoms with Gasteiger partial charge in [-0.3, -0.25) is 9.98 Å². The minimum atomic E-state index is 0.823. The Bertz CT molecular complexity index is 157. The van der Waals surface area contributed by atoms with E-state index in [1.807, 2.05) is 12.4 Å². The molecule has 4 heteroatoms. The summed E-state index contributed by atoms with van der Waals surface area (Å²) >= 11 is 0. The van der Waals surface area contributed by atoms with Gasteiger partial charge >= 0.3 is 0 Å². The predicted molar refractivity (Wildman–Crippen MR) is 61.7 cm³/mol. The third kappa shape index (κ3) is 6.74. The highest BCUT2D eigenvalue weighted by Gasteiger charge is 1.88. The standard InChI is InChI=1S/C10H20N4/c1-3-11-7-9-13-5-2-6-14-10-8-12-4-1/h3,5,12,14H,1-2,4,6-10H2. The Morgan fingerprint density at radius 1 is 0.714 bits per heavy atom. The second-order valence-corrected chi connectivity index (χ2v) is 3.25. The molecule has 0 spiro atoms. The molecule has 0 amide bonds. The van der Waals surface area contributed by atoms with Gasteiger partial charge < -0.3 is 10.6 Å². The molecule has 0 saturated heterocycles. The Hall–Kier alpha value is -0.740. The maximum atomic E-state index is 4.26. The molecule has 0 aromatic rings. The highest BCUT2D eigenvalue weighted by molar-refractivity contribution is 5.58. The van der Waals surface area contributed by atoms with Gasteiger partial charge in [0.1, 0.15) is 0 Å². The molecule has 1 aliphatic heterocycles. The molecule has 14 heavy (non-hydrogen) atoms. The monoisotopic (exact) mass is 196 g/mol.